The highest BCUT2D eigenvalue weighted by atomic mass is 16.3. The molecule has 1 fully saturated rings. The van der Waals surface area contributed by atoms with Crippen LogP contribution in [0.3, 0.4) is 0 Å². The van der Waals surface area contributed by atoms with Crippen LogP contribution in [-0.4, -0.2) is 12.1 Å². The molecule has 1 aliphatic carbocycles. The van der Waals surface area contributed by atoms with Crippen molar-refractivity contribution in [3.8, 4) is 0 Å². The molecule has 1 saturated carbocycles. The molecule has 0 spiro atoms. The van der Waals surface area contributed by atoms with Gasteiger partial charge in [0.05, 0.1) is 0 Å². The molecule has 0 bridgehead atoms. The van der Waals surface area contributed by atoms with Gasteiger partial charge in [-0.15, -0.1) is 0 Å². The van der Waals surface area contributed by atoms with E-state index < -0.39 is 0 Å². The summed E-state index contributed by atoms with van der Waals surface area (Å²) in [6.45, 7) is 0. The zero-order chi connectivity index (χ0) is 9.97. The van der Waals surface area contributed by atoms with E-state index >= 15 is 0 Å². The second kappa shape index (κ2) is 3.78. The highest BCUT2D eigenvalue weighted by Crippen LogP contribution is 2.31. The molecule has 3 heteroatoms. The summed E-state index contributed by atoms with van der Waals surface area (Å²) in [6.07, 6.45) is 3.86. The molecular formula is C11H12O3. The highest BCUT2D eigenvalue weighted by molar-refractivity contribution is 5.80. The standard InChI is InChI=1S/C11H12O3/c12-7-10-4-5-11(14-10)8-2-1-3-9(13)6-8/h4-5,7-8H,1-3,6H2. The van der Waals surface area contributed by atoms with Crippen LogP contribution in [0.5, 0.6) is 0 Å². The largest absolute Gasteiger partial charge is 0.458 e. The summed E-state index contributed by atoms with van der Waals surface area (Å²) in [5, 5.41) is 0. The highest BCUT2D eigenvalue weighted by Gasteiger charge is 2.23. The van der Waals surface area contributed by atoms with E-state index in [4.69, 9.17) is 4.42 Å². The Morgan fingerprint density at radius 3 is 2.93 bits per heavy atom. The van der Waals surface area contributed by atoms with Crippen molar-refractivity contribution in [2.45, 2.75) is 31.6 Å². The lowest BCUT2D eigenvalue weighted by Gasteiger charge is -2.18. The minimum Gasteiger partial charge on any atom is -0.458 e. The predicted octanol–water partition coefficient (Wildman–Crippen LogP) is 2.32. The maximum atomic E-state index is 11.2. The van der Waals surface area contributed by atoms with Crippen LogP contribution in [0.4, 0.5) is 0 Å². The molecule has 0 radical (unpaired) electrons. The van der Waals surface area contributed by atoms with Gasteiger partial charge >= 0.3 is 0 Å². The Labute approximate surface area is 82.1 Å². The van der Waals surface area contributed by atoms with Crippen LogP contribution >= 0.6 is 0 Å². The van der Waals surface area contributed by atoms with E-state index in [-0.39, 0.29) is 5.92 Å². The fourth-order valence-corrected chi connectivity index (χ4v) is 1.92. The van der Waals surface area contributed by atoms with Crippen molar-refractivity contribution in [3.05, 3.63) is 23.7 Å². The number of carbonyl (C=O) groups is 2. The fourth-order valence-electron chi connectivity index (χ4n) is 1.92. The lowest BCUT2D eigenvalue weighted by Crippen LogP contribution is -2.12. The van der Waals surface area contributed by atoms with Crippen LogP contribution in [0.2, 0.25) is 0 Å². The van der Waals surface area contributed by atoms with E-state index in [1.54, 1.807) is 12.1 Å². The molecule has 0 saturated heterocycles. The van der Waals surface area contributed by atoms with Gasteiger partial charge in [0.1, 0.15) is 11.5 Å². The molecule has 0 amide bonds. The fraction of sp³-hybridized carbons (Fsp3) is 0.455. The SMILES string of the molecule is O=Cc1ccc(C2CCCC(=O)C2)o1. The number of rotatable bonds is 2. The molecule has 1 atom stereocenters. The molecule has 1 unspecified atom stereocenters. The van der Waals surface area contributed by atoms with E-state index in [2.05, 4.69) is 0 Å². The zero-order valence-corrected chi connectivity index (χ0v) is 7.86. The predicted molar refractivity (Wildman–Crippen MR) is 50.3 cm³/mol. The van der Waals surface area contributed by atoms with Crippen molar-refractivity contribution in [1.82, 2.24) is 0 Å². The van der Waals surface area contributed by atoms with Gasteiger partial charge in [-0.2, -0.15) is 0 Å². The van der Waals surface area contributed by atoms with Gasteiger partial charge in [0.15, 0.2) is 12.0 Å². The maximum Gasteiger partial charge on any atom is 0.185 e. The number of carbonyl (C=O) groups excluding carboxylic acids is 2. The van der Waals surface area contributed by atoms with Gasteiger partial charge < -0.3 is 4.42 Å². The van der Waals surface area contributed by atoms with Gasteiger partial charge in [0.2, 0.25) is 0 Å². The summed E-state index contributed by atoms with van der Waals surface area (Å²) in [4.78, 5) is 21.6. The quantitative estimate of drug-likeness (QED) is 0.675. The first-order valence-electron chi connectivity index (χ1n) is 4.86. The van der Waals surface area contributed by atoms with E-state index in [1.165, 1.54) is 0 Å². The number of hydrogen-bond acceptors (Lipinski definition) is 3. The molecule has 2 rings (SSSR count). The summed E-state index contributed by atoms with van der Waals surface area (Å²) in [5.74, 6) is 1.61. The third-order valence-electron chi connectivity index (χ3n) is 2.65. The summed E-state index contributed by atoms with van der Waals surface area (Å²) >= 11 is 0. The monoisotopic (exact) mass is 192 g/mol. The third kappa shape index (κ3) is 1.76. The third-order valence-corrected chi connectivity index (χ3v) is 2.65. The van der Waals surface area contributed by atoms with E-state index in [9.17, 15) is 9.59 Å². The molecule has 1 aliphatic rings. The first-order chi connectivity index (χ1) is 6.79. The zero-order valence-electron chi connectivity index (χ0n) is 7.86. The second-order valence-corrected chi connectivity index (χ2v) is 3.69. The van der Waals surface area contributed by atoms with Crippen LogP contribution in [-0.2, 0) is 4.79 Å². The van der Waals surface area contributed by atoms with Gasteiger partial charge in [-0.05, 0) is 25.0 Å². The Hall–Kier alpha value is -1.38. The van der Waals surface area contributed by atoms with Crippen molar-refractivity contribution < 1.29 is 14.0 Å². The van der Waals surface area contributed by atoms with Crippen molar-refractivity contribution in [3.63, 3.8) is 0 Å². The molecule has 0 aliphatic heterocycles. The molecule has 74 valence electrons. The Kier molecular flexibility index (Phi) is 2.48. The molecule has 1 aromatic heterocycles. The van der Waals surface area contributed by atoms with E-state index in [0.29, 0.717) is 30.7 Å². The Bertz CT molecular complexity index is 351. The minimum atomic E-state index is 0.185. The van der Waals surface area contributed by atoms with Crippen molar-refractivity contribution in [1.29, 1.82) is 0 Å². The van der Waals surface area contributed by atoms with E-state index in [1.807, 2.05) is 0 Å². The van der Waals surface area contributed by atoms with Crippen LogP contribution in [0.25, 0.3) is 0 Å². The van der Waals surface area contributed by atoms with Gasteiger partial charge in [0.25, 0.3) is 0 Å². The summed E-state index contributed by atoms with van der Waals surface area (Å²) < 4.78 is 5.30. The number of ketones is 1. The normalized spacial score (nSPS) is 22.3. The Morgan fingerprint density at radius 1 is 1.43 bits per heavy atom. The van der Waals surface area contributed by atoms with E-state index in [0.717, 1.165) is 18.6 Å². The summed E-state index contributed by atoms with van der Waals surface area (Å²) in [7, 11) is 0. The Morgan fingerprint density at radius 2 is 2.29 bits per heavy atom. The number of Topliss-reactive ketones (excluding diaryl/α,β-unsaturated/α-hetero) is 1. The molecule has 0 N–H and O–H groups in total. The van der Waals surface area contributed by atoms with Crippen molar-refractivity contribution in [2.24, 2.45) is 0 Å². The molecule has 0 aromatic carbocycles. The lowest BCUT2D eigenvalue weighted by molar-refractivity contribution is -0.120. The van der Waals surface area contributed by atoms with Gasteiger partial charge in [0, 0.05) is 18.8 Å². The van der Waals surface area contributed by atoms with Crippen molar-refractivity contribution >= 4 is 12.1 Å². The topological polar surface area (TPSA) is 47.3 Å². The van der Waals surface area contributed by atoms with Crippen LogP contribution in [0.15, 0.2) is 16.5 Å². The molecule has 14 heavy (non-hydrogen) atoms. The molecule has 1 aromatic rings. The van der Waals surface area contributed by atoms with Gasteiger partial charge in [-0.25, -0.2) is 0 Å². The summed E-state index contributed by atoms with van der Waals surface area (Å²) in [6, 6.07) is 3.45. The second-order valence-electron chi connectivity index (χ2n) is 3.69. The first-order valence-corrected chi connectivity index (χ1v) is 4.86. The van der Waals surface area contributed by atoms with Crippen LogP contribution in [0, 0.1) is 0 Å². The minimum absolute atomic E-state index is 0.185. The van der Waals surface area contributed by atoms with Crippen LogP contribution < -0.4 is 0 Å². The average Bonchev–Trinajstić information content (AvgIpc) is 2.66. The van der Waals surface area contributed by atoms with Gasteiger partial charge in [-0.3, -0.25) is 9.59 Å². The molecule has 1 heterocycles. The van der Waals surface area contributed by atoms with Gasteiger partial charge in [-0.1, -0.05) is 0 Å². The number of furan rings is 1. The van der Waals surface area contributed by atoms with Crippen LogP contribution in [0.1, 0.15) is 47.9 Å². The number of hydrogen-bond donors (Lipinski definition) is 0. The number of aldehydes is 1. The molecule has 3 nitrogen and oxygen atoms in total. The van der Waals surface area contributed by atoms with Crippen molar-refractivity contribution in [2.75, 3.05) is 0 Å². The average molecular weight is 192 g/mol. The molecular weight excluding hydrogens is 180 g/mol. The maximum absolute atomic E-state index is 11.2. The summed E-state index contributed by atoms with van der Waals surface area (Å²) in [5.41, 5.74) is 0. The lowest BCUT2D eigenvalue weighted by atomic mass is 9.87. The first kappa shape index (κ1) is 9.19. The Balaban J connectivity index is 2.13. The smallest absolute Gasteiger partial charge is 0.185 e.